The maximum atomic E-state index is 13.1. The number of esters is 4. The van der Waals surface area contributed by atoms with Crippen molar-refractivity contribution in [2.45, 2.75) is 341 Å². The molecule has 0 aliphatic heterocycles. The molecule has 586 valence electrons. The Bertz CT molecular complexity index is 2410. The van der Waals surface area contributed by atoms with Crippen molar-refractivity contribution in [3.63, 3.8) is 0 Å². The van der Waals surface area contributed by atoms with E-state index in [2.05, 4.69) is 131 Å². The normalized spacial score (nSPS) is 14.5. The zero-order valence-corrected chi connectivity index (χ0v) is 65.8. The van der Waals surface area contributed by atoms with E-state index < -0.39 is 97.5 Å². The van der Waals surface area contributed by atoms with Gasteiger partial charge < -0.3 is 33.8 Å². The lowest BCUT2D eigenvalue weighted by Crippen LogP contribution is -2.30. The molecule has 0 heterocycles. The maximum absolute atomic E-state index is 13.1. The molecule has 5 unspecified atom stereocenters. The highest BCUT2D eigenvalue weighted by Gasteiger charge is 2.30. The van der Waals surface area contributed by atoms with Gasteiger partial charge in [-0.25, -0.2) is 9.13 Å². The molecule has 102 heavy (non-hydrogen) atoms. The van der Waals surface area contributed by atoms with Gasteiger partial charge >= 0.3 is 39.5 Å². The fraction of sp³-hybridized carbons (Fsp3) is 0.711. The van der Waals surface area contributed by atoms with Crippen molar-refractivity contribution in [3.05, 3.63) is 122 Å². The number of unbranched alkanes of at least 4 members (excludes halogenated alkanes) is 28. The van der Waals surface area contributed by atoms with Crippen LogP contribution in [0.25, 0.3) is 0 Å². The lowest BCUT2D eigenvalue weighted by atomic mass is 10.1. The van der Waals surface area contributed by atoms with Gasteiger partial charge in [0.1, 0.15) is 19.3 Å². The highest BCUT2D eigenvalue weighted by Crippen LogP contribution is 2.45. The van der Waals surface area contributed by atoms with Gasteiger partial charge in [0.05, 0.1) is 26.4 Å². The van der Waals surface area contributed by atoms with Gasteiger partial charge in [0.2, 0.25) is 0 Å². The standard InChI is InChI=1S/C83H142O17P2/c1-5-9-13-17-21-25-29-33-36-37-38-39-42-45-48-52-56-60-64-68-81(86)94-74-79(100-83(88)70-66-62-58-54-50-46-41-35-31-27-23-19-15-11-7-3)76-98-102(91,92)96-72-77(84)71-95-101(89,90)97-75-78(99-82(87)69-65-61-57-53-49-43-32-28-24-20-16-12-8-4)73-93-80(85)67-63-59-55-51-47-44-40-34-30-26-22-18-14-10-6-2/h9,13,21-22,25-26,28,32-36,38-41,45,48,56,60,77-79,84H,5-8,10-12,14-20,23-24,27,29-31,37,42-44,46-47,49-55,57-59,61-76H2,1-4H3,(H,89,90)(H,91,92)/b13-9-,25-21-,26-22-,32-28-,36-33-,39-38-,40-34-,41-35-,48-45-,60-56-. The molecule has 0 aromatic carbocycles. The molecule has 3 N–H and O–H groups in total. The summed E-state index contributed by atoms with van der Waals surface area (Å²) in [5.41, 5.74) is 0. The predicted molar refractivity (Wildman–Crippen MR) is 418 cm³/mol. The van der Waals surface area contributed by atoms with Crippen molar-refractivity contribution in [1.82, 2.24) is 0 Å². The Balaban J connectivity index is 5.43. The summed E-state index contributed by atoms with van der Waals surface area (Å²) in [5.74, 6) is -2.30. The van der Waals surface area contributed by atoms with E-state index in [-0.39, 0.29) is 25.7 Å². The molecule has 5 atom stereocenters. The summed E-state index contributed by atoms with van der Waals surface area (Å²) < 4.78 is 68.5. The van der Waals surface area contributed by atoms with E-state index in [4.69, 9.17) is 37.0 Å². The summed E-state index contributed by atoms with van der Waals surface area (Å²) >= 11 is 0. The van der Waals surface area contributed by atoms with Crippen LogP contribution in [0.3, 0.4) is 0 Å². The van der Waals surface area contributed by atoms with Gasteiger partial charge in [-0.1, -0.05) is 271 Å². The number of aliphatic hydroxyl groups excluding tert-OH is 1. The van der Waals surface area contributed by atoms with E-state index in [0.29, 0.717) is 32.1 Å². The second kappa shape index (κ2) is 74.7. The zero-order valence-electron chi connectivity index (χ0n) is 64.0. The smallest absolute Gasteiger partial charge is 0.462 e. The van der Waals surface area contributed by atoms with Gasteiger partial charge in [-0.05, 0) is 148 Å². The van der Waals surface area contributed by atoms with Gasteiger partial charge in [0.25, 0.3) is 0 Å². The molecular formula is C83H142O17P2. The van der Waals surface area contributed by atoms with Gasteiger partial charge in [-0.2, -0.15) is 0 Å². The Morgan fingerprint density at radius 1 is 0.284 bits per heavy atom. The molecule has 0 saturated heterocycles. The number of hydrogen-bond donors (Lipinski definition) is 3. The Morgan fingerprint density at radius 2 is 0.529 bits per heavy atom. The van der Waals surface area contributed by atoms with Crippen LogP contribution in [0.4, 0.5) is 0 Å². The van der Waals surface area contributed by atoms with E-state index in [1.54, 1.807) is 0 Å². The number of rotatable bonds is 74. The average Bonchev–Trinajstić information content (AvgIpc) is 0.924. The van der Waals surface area contributed by atoms with Crippen LogP contribution in [-0.2, 0) is 65.4 Å². The van der Waals surface area contributed by atoms with Crippen LogP contribution in [0.5, 0.6) is 0 Å². The summed E-state index contributed by atoms with van der Waals surface area (Å²) in [4.78, 5) is 72.9. The summed E-state index contributed by atoms with van der Waals surface area (Å²) in [6.07, 6.45) is 81.9. The summed E-state index contributed by atoms with van der Waals surface area (Å²) in [6, 6.07) is 0. The Kier molecular flexibility index (Phi) is 71.4. The summed E-state index contributed by atoms with van der Waals surface area (Å²) in [6.45, 7) is 4.61. The molecule has 17 nitrogen and oxygen atoms in total. The van der Waals surface area contributed by atoms with E-state index in [1.165, 1.54) is 83.5 Å². The minimum absolute atomic E-state index is 0.0328. The number of carbonyl (C=O) groups is 4. The third-order valence-electron chi connectivity index (χ3n) is 16.4. The molecule has 0 saturated carbocycles. The van der Waals surface area contributed by atoms with Crippen molar-refractivity contribution in [2.24, 2.45) is 0 Å². The highest BCUT2D eigenvalue weighted by atomic mass is 31.2. The Labute approximate surface area is 619 Å². The Hall–Kier alpha value is -4.54. The first-order valence-corrected chi connectivity index (χ1v) is 42.8. The third kappa shape index (κ3) is 73.8. The van der Waals surface area contributed by atoms with Gasteiger partial charge in [0.15, 0.2) is 12.2 Å². The van der Waals surface area contributed by atoms with E-state index in [1.807, 2.05) is 18.2 Å². The van der Waals surface area contributed by atoms with Crippen molar-refractivity contribution in [2.75, 3.05) is 39.6 Å². The molecule has 0 amide bonds. The SMILES string of the molecule is CC/C=C\C/C=C\C/C=C\C/C=C\C/C=C\C/C=C\CCC(=O)OCC(COP(=O)(O)OCC(O)COP(=O)(O)OCC(COC(=O)CCCCCCC/C=C\C/C=C\CCCCC)OC(=O)CCCCCCC/C=C\CCCCCC)OC(=O)CCCCCCC/C=C\CCCCCCCC. The first kappa shape index (κ1) is 97.5. The average molecular weight is 1470 g/mol. The minimum atomic E-state index is -5.00. The zero-order chi connectivity index (χ0) is 74.6. The van der Waals surface area contributed by atoms with Crippen molar-refractivity contribution in [1.29, 1.82) is 0 Å². The molecular weight excluding hydrogens is 1330 g/mol. The number of ether oxygens (including phenoxy) is 4. The molecule has 0 aromatic heterocycles. The van der Waals surface area contributed by atoms with Crippen molar-refractivity contribution in [3.8, 4) is 0 Å². The second-order valence-electron chi connectivity index (χ2n) is 26.3. The first-order chi connectivity index (χ1) is 49.7. The van der Waals surface area contributed by atoms with E-state index in [9.17, 15) is 43.2 Å². The van der Waals surface area contributed by atoms with Crippen molar-refractivity contribution >= 4 is 39.5 Å². The van der Waals surface area contributed by atoms with E-state index >= 15 is 0 Å². The molecule has 0 radical (unpaired) electrons. The molecule has 0 rings (SSSR count). The number of allylic oxidation sites excluding steroid dienone is 20. The van der Waals surface area contributed by atoms with Gasteiger partial charge in [-0.3, -0.25) is 37.3 Å². The second-order valence-corrected chi connectivity index (χ2v) is 29.2. The molecule has 0 fully saturated rings. The van der Waals surface area contributed by atoms with Crippen LogP contribution in [0, 0.1) is 0 Å². The van der Waals surface area contributed by atoms with Gasteiger partial charge in [-0.15, -0.1) is 0 Å². The van der Waals surface area contributed by atoms with Crippen LogP contribution >= 0.6 is 15.6 Å². The summed E-state index contributed by atoms with van der Waals surface area (Å²) in [7, 11) is -9.98. The third-order valence-corrected chi connectivity index (χ3v) is 18.3. The van der Waals surface area contributed by atoms with Crippen LogP contribution in [0.15, 0.2) is 122 Å². The molecule has 0 aliphatic carbocycles. The molecule has 0 aliphatic rings. The van der Waals surface area contributed by atoms with Crippen LogP contribution in [0.2, 0.25) is 0 Å². The number of phosphoric acid groups is 2. The van der Waals surface area contributed by atoms with Crippen LogP contribution in [-0.4, -0.2) is 96.7 Å². The molecule has 0 aromatic rings. The quantitative estimate of drug-likeness (QED) is 0.0169. The maximum Gasteiger partial charge on any atom is 0.472 e. The van der Waals surface area contributed by atoms with Gasteiger partial charge in [0, 0.05) is 25.7 Å². The topological polar surface area (TPSA) is 237 Å². The minimum Gasteiger partial charge on any atom is -0.462 e. The largest absolute Gasteiger partial charge is 0.472 e. The monoisotopic (exact) mass is 1470 g/mol. The van der Waals surface area contributed by atoms with E-state index in [0.717, 1.165) is 154 Å². The lowest BCUT2D eigenvalue weighted by molar-refractivity contribution is -0.161. The fourth-order valence-electron chi connectivity index (χ4n) is 10.3. The molecule has 19 heteroatoms. The highest BCUT2D eigenvalue weighted by molar-refractivity contribution is 7.47. The molecule has 0 spiro atoms. The van der Waals surface area contributed by atoms with Crippen LogP contribution in [0.1, 0.15) is 323 Å². The van der Waals surface area contributed by atoms with Crippen molar-refractivity contribution < 1.29 is 80.2 Å². The number of aliphatic hydroxyl groups is 1. The number of carbonyl (C=O) groups excluding carboxylic acids is 4. The lowest BCUT2D eigenvalue weighted by Gasteiger charge is -2.21. The fourth-order valence-corrected chi connectivity index (χ4v) is 11.9. The number of hydrogen-bond acceptors (Lipinski definition) is 15. The predicted octanol–water partition coefficient (Wildman–Crippen LogP) is 23.1. The summed E-state index contributed by atoms with van der Waals surface area (Å²) in [5, 5.41) is 10.6. The molecule has 0 bridgehead atoms. The Morgan fingerprint density at radius 3 is 0.882 bits per heavy atom. The first-order valence-electron chi connectivity index (χ1n) is 39.8. The van der Waals surface area contributed by atoms with Crippen LogP contribution < -0.4 is 0 Å². The number of phosphoric ester groups is 2.